The van der Waals surface area contributed by atoms with Crippen LogP contribution in [0.4, 0.5) is 0 Å². The average molecular weight is 252 g/mol. The largest absolute Gasteiger partial charge is 0.377 e. The van der Waals surface area contributed by atoms with E-state index in [-0.39, 0.29) is 5.69 Å². The van der Waals surface area contributed by atoms with Gasteiger partial charge < -0.3 is 11.6 Å². The predicted molar refractivity (Wildman–Crippen MR) is 67.7 cm³/mol. The van der Waals surface area contributed by atoms with Gasteiger partial charge in [-0.1, -0.05) is 17.8 Å². The van der Waals surface area contributed by atoms with Gasteiger partial charge in [0.1, 0.15) is 0 Å². The highest BCUT2D eigenvalue weighted by atomic mass is 32.2. The van der Waals surface area contributed by atoms with Crippen molar-refractivity contribution in [3.63, 3.8) is 0 Å². The second kappa shape index (κ2) is 4.91. The average Bonchev–Trinajstić information content (AvgIpc) is 2.67. The number of nitrogens with zero attached hydrogens (tertiary/aromatic N) is 4. The molecule has 17 heavy (non-hydrogen) atoms. The molecular formula is C9H12N6OS. The van der Waals surface area contributed by atoms with Crippen LogP contribution in [0.2, 0.25) is 0 Å². The van der Waals surface area contributed by atoms with E-state index in [0.29, 0.717) is 23.1 Å². The van der Waals surface area contributed by atoms with Crippen LogP contribution in [0.1, 0.15) is 0 Å². The molecule has 2 heterocycles. The fourth-order valence-electron chi connectivity index (χ4n) is 1.39. The van der Waals surface area contributed by atoms with Crippen LogP contribution in [0.5, 0.6) is 0 Å². The zero-order valence-corrected chi connectivity index (χ0v) is 9.80. The van der Waals surface area contributed by atoms with Gasteiger partial charge in [-0.05, 0) is 12.1 Å². The molecule has 0 radical (unpaired) electrons. The molecule has 90 valence electrons. The molecule has 0 aromatic carbocycles. The molecule has 4 N–H and O–H groups in total. The van der Waals surface area contributed by atoms with Gasteiger partial charge in [-0.15, -0.1) is 5.10 Å². The zero-order valence-electron chi connectivity index (χ0n) is 8.98. The SMILES string of the molecule is NN=C(N)SCCn1nc2ccccn2c1=O. The minimum Gasteiger partial charge on any atom is -0.377 e. The fraction of sp³-hybridized carbons (Fsp3) is 0.222. The van der Waals surface area contributed by atoms with Crippen LogP contribution >= 0.6 is 11.8 Å². The summed E-state index contributed by atoms with van der Waals surface area (Å²) in [7, 11) is 0. The maximum absolute atomic E-state index is 11.8. The second-order valence-electron chi connectivity index (χ2n) is 3.25. The van der Waals surface area contributed by atoms with Crippen LogP contribution in [0.3, 0.4) is 0 Å². The second-order valence-corrected chi connectivity index (χ2v) is 4.37. The topological polar surface area (TPSA) is 104 Å². The molecule has 0 spiro atoms. The first kappa shape index (κ1) is 11.5. The number of amidine groups is 1. The zero-order chi connectivity index (χ0) is 12.3. The molecule has 0 aliphatic carbocycles. The Balaban J connectivity index is 2.14. The van der Waals surface area contributed by atoms with Crippen molar-refractivity contribution in [2.45, 2.75) is 6.54 Å². The van der Waals surface area contributed by atoms with Gasteiger partial charge in [0, 0.05) is 11.9 Å². The van der Waals surface area contributed by atoms with Gasteiger partial charge in [0.15, 0.2) is 10.8 Å². The lowest BCUT2D eigenvalue weighted by molar-refractivity contribution is 0.640. The molecular weight excluding hydrogens is 240 g/mol. The quantitative estimate of drug-likeness (QED) is 0.329. The number of rotatable bonds is 3. The first-order valence-corrected chi connectivity index (χ1v) is 5.91. The lowest BCUT2D eigenvalue weighted by Gasteiger charge is -1.98. The van der Waals surface area contributed by atoms with Gasteiger partial charge in [-0.25, -0.2) is 9.48 Å². The van der Waals surface area contributed by atoms with E-state index in [2.05, 4.69) is 10.2 Å². The number of hydrogen-bond acceptors (Lipinski definition) is 5. The Bertz CT molecular complexity index is 601. The van der Waals surface area contributed by atoms with Crippen LogP contribution in [-0.4, -0.2) is 25.1 Å². The third-order valence-corrected chi connectivity index (χ3v) is 2.96. The summed E-state index contributed by atoms with van der Waals surface area (Å²) in [5, 5.41) is 7.80. The maximum Gasteiger partial charge on any atom is 0.350 e. The summed E-state index contributed by atoms with van der Waals surface area (Å²) in [5.74, 6) is 5.59. The molecule has 0 fully saturated rings. The summed E-state index contributed by atoms with van der Waals surface area (Å²) < 4.78 is 2.89. The molecule has 0 saturated carbocycles. The van der Waals surface area contributed by atoms with Crippen LogP contribution in [0.15, 0.2) is 34.3 Å². The summed E-state index contributed by atoms with van der Waals surface area (Å²) in [5.41, 5.74) is 5.89. The van der Waals surface area contributed by atoms with E-state index in [1.54, 1.807) is 18.3 Å². The van der Waals surface area contributed by atoms with Gasteiger partial charge in [0.25, 0.3) is 0 Å². The van der Waals surface area contributed by atoms with E-state index < -0.39 is 0 Å². The Morgan fingerprint density at radius 2 is 2.35 bits per heavy atom. The summed E-state index contributed by atoms with van der Waals surface area (Å²) in [4.78, 5) is 11.8. The summed E-state index contributed by atoms with van der Waals surface area (Å²) in [6.07, 6.45) is 1.68. The number of fused-ring (bicyclic) bond motifs is 1. The van der Waals surface area contributed by atoms with E-state index >= 15 is 0 Å². The Morgan fingerprint density at radius 1 is 1.53 bits per heavy atom. The molecule has 2 aromatic rings. The highest BCUT2D eigenvalue weighted by Gasteiger charge is 2.05. The molecule has 0 aliphatic heterocycles. The molecule has 8 heteroatoms. The molecule has 0 unspecified atom stereocenters. The van der Waals surface area contributed by atoms with Gasteiger partial charge in [-0.2, -0.15) is 5.10 Å². The number of pyridine rings is 1. The van der Waals surface area contributed by atoms with E-state index in [1.807, 2.05) is 6.07 Å². The Morgan fingerprint density at radius 3 is 3.06 bits per heavy atom. The lowest BCUT2D eigenvalue weighted by atomic mass is 10.5. The molecule has 0 bridgehead atoms. The molecule has 2 rings (SSSR count). The smallest absolute Gasteiger partial charge is 0.350 e. The van der Waals surface area contributed by atoms with Crippen molar-refractivity contribution in [2.24, 2.45) is 16.7 Å². The summed E-state index contributed by atoms with van der Waals surface area (Å²) >= 11 is 1.28. The number of hydrogen-bond donors (Lipinski definition) is 2. The fourth-order valence-corrected chi connectivity index (χ4v) is 1.94. The number of aromatic nitrogens is 3. The van der Waals surface area contributed by atoms with Crippen LogP contribution < -0.4 is 17.3 Å². The van der Waals surface area contributed by atoms with Gasteiger partial charge in [0.05, 0.1) is 6.54 Å². The molecule has 0 saturated heterocycles. The van der Waals surface area contributed by atoms with E-state index in [0.717, 1.165) is 0 Å². The van der Waals surface area contributed by atoms with E-state index in [9.17, 15) is 4.79 Å². The molecule has 0 atom stereocenters. The Hall–Kier alpha value is -1.96. The number of nitrogens with two attached hydrogens (primary N) is 2. The third kappa shape index (κ3) is 2.41. The number of thioether (sulfide) groups is 1. The van der Waals surface area contributed by atoms with E-state index in [4.69, 9.17) is 11.6 Å². The Labute approximate surface area is 101 Å². The van der Waals surface area contributed by atoms with Gasteiger partial charge >= 0.3 is 5.69 Å². The van der Waals surface area contributed by atoms with Crippen LogP contribution in [0.25, 0.3) is 5.65 Å². The van der Waals surface area contributed by atoms with Crippen LogP contribution in [0, 0.1) is 0 Å². The normalized spacial score (nSPS) is 12.1. The number of aryl methyl sites for hydroxylation is 1. The third-order valence-electron chi connectivity index (χ3n) is 2.17. The Kier molecular flexibility index (Phi) is 3.33. The standard InChI is InChI=1S/C9H12N6OS/c10-8(12-11)17-6-5-15-9(16)14-4-2-1-3-7(14)13-15/h1-4H,5-6,11H2,(H2,10,12). The summed E-state index contributed by atoms with van der Waals surface area (Å²) in [6, 6.07) is 5.40. The highest BCUT2D eigenvalue weighted by Crippen LogP contribution is 2.00. The summed E-state index contributed by atoms with van der Waals surface area (Å²) in [6.45, 7) is 0.460. The molecule has 0 aliphatic rings. The van der Waals surface area contributed by atoms with Crippen molar-refractivity contribution in [1.29, 1.82) is 0 Å². The van der Waals surface area contributed by atoms with Crippen LogP contribution in [-0.2, 0) is 6.54 Å². The van der Waals surface area contributed by atoms with Gasteiger partial charge in [0.2, 0.25) is 0 Å². The highest BCUT2D eigenvalue weighted by molar-refractivity contribution is 8.13. The minimum absolute atomic E-state index is 0.163. The number of hydrazone groups is 1. The first-order chi connectivity index (χ1) is 8.22. The first-order valence-electron chi connectivity index (χ1n) is 4.92. The van der Waals surface area contributed by atoms with Crippen molar-refractivity contribution >= 4 is 22.6 Å². The van der Waals surface area contributed by atoms with Crippen molar-refractivity contribution in [1.82, 2.24) is 14.2 Å². The van der Waals surface area contributed by atoms with E-state index in [1.165, 1.54) is 20.8 Å². The van der Waals surface area contributed by atoms with Crippen molar-refractivity contribution in [3.05, 3.63) is 34.9 Å². The van der Waals surface area contributed by atoms with Crippen molar-refractivity contribution in [2.75, 3.05) is 5.75 Å². The van der Waals surface area contributed by atoms with Gasteiger partial charge in [-0.3, -0.25) is 4.40 Å². The molecule has 0 amide bonds. The van der Waals surface area contributed by atoms with Crippen molar-refractivity contribution < 1.29 is 0 Å². The molecule has 2 aromatic heterocycles. The predicted octanol–water partition coefficient (Wildman–Crippen LogP) is -0.582. The van der Waals surface area contributed by atoms with Crippen molar-refractivity contribution in [3.8, 4) is 0 Å². The molecule has 7 nitrogen and oxygen atoms in total. The lowest BCUT2D eigenvalue weighted by Crippen LogP contribution is -2.22. The monoisotopic (exact) mass is 252 g/mol. The minimum atomic E-state index is -0.163. The maximum atomic E-state index is 11.8.